The molecule has 0 atom stereocenters. The third kappa shape index (κ3) is 4.70. The molecule has 1 aromatic carbocycles. The van der Waals surface area contributed by atoms with Crippen molar-refractivity contribution in [2.24, 2.45) is 9.98 Å². The molecular weight excluding hydrogens is 485 g/mol. The molecule has 2 aliphatic rings. The molecule has 0 bridgehead atoms. The van der Waals surface area contributed by atoms with E-state index in [1.54, 1.807) is 32.6 Å². The first kappa shape index (κ1) is 25.7. The molecule has 10 heteroatoms. The lowest BCUT2D eigenvalue weighted by Gasteiger charge is -2.46. The SMILES string of the molecule is CC1=NC(C(=O)N2CCN(C(=O)c3cn4nc(-c5ccc(F)cc5)cc(C(C)(C)C)c4n3)C(C)(C)C2)=NC1. The van der Waals surface area contributed by atoms with Crippen LogP contribution in [0, 0.1) is 5.82 Å². The van der Waals surface area contributed by atoms with Crippen molar-refractivity contribution in [3.63, 3.8) is 0 Å². The number of imidazole rings is 1. The number of amides is 2. The van der Waals surface area contributed by atoms with E-state index in [-0.39, 0.29) is 34.6 Å². The van der Waals surface area contributed by atoms with E-state index >= 15 is 0 Å². The fraction of sp³-hybridized carbons (Fsp3) is 0.429. The summed E-state index contributed by atoms with van der Waals surface area (Å²) in [5.74, 6) is -0.508. The highest BCUT2D eigenvalue weighted by Crippen LogP contribution is 2.31. The Morgan fingerprint density at radius 2 is 1.76 bits per heavy atom. The van der Waals surface area contributed by atoms with Crippen molar-refractivity contribution in [3.05, 3.63) is 53.6 Å². The monoisotopic (exact) mass is 517 g/mol. The van der Waals surface area contributed by atoms with Crippen molar-refractivity contribution in [3.8, 4) is 11.3 Å². The molecule has 2 amide bonds. The average molecular weight is 518 g/mol. The summed E-state index contributed by atoms with van der Waals surface area (Å²) in [5.41, 5.74) is 3.16. The van der Waals surface area contributed by atoms with Crippen LogP contribution in [0.2, 0.25) is 0 Å². The third-order valence-corrected chi connectivity index (χ3v) is 6.97. The van der Waals surface area contributed by atoms with E-state index in [9.17, 15) is 14.0 Å². The molecule has 38 heavy (non-hydrogen) atoms. The van der Waals surface area contributed by atoms with Crippen molar-refractivity contribution in [2.75, 3.05) is 26.2 Å². The van der Waals surface area contributed by atoms with Gasteiger partial charge in [0, 0.05) is 36.5 Å². The van der Waals surface area contributed by atoms with Gasteiger partial charge in [-0.25, -0.2) is 18.9 Å². The van der Waals surface area contributed by atoms with Gasteiger partial charge >= 0.3 is 0 Å². The minimum absolute atomic E-state index is 0.206. The molecule has 2 aliphatic heterocycles. The number of aromatic nitrogens is 3. The van der Waals surface area contributed by atoms with E-state index in [0.29, 0.717) is 37.5 Å². The van der Waals surface area contributed by atoms with Crippen LogP contribution >= 0.6 is 0 Å². The molecular formula is C28H32FN7O2. The van der Waals surface area contributed by atoms with Crippen molar-refractivity contribution < 1.29 is 14.0 Å². The summed E-state index contributed by atoms with van der Waals surface area (Å²) in [5, 5.41) is 4.70. The Labute approximate surface area is 221 Å². The molecule has 0 aliphatic carbocycles. The zero-order chi connectivity index (χ0) is 27.4. The first-order valence-corrected chi connectivity index (χ1v) is 12.7. The maximum Gasteiger partial charge on any atom is 0.291 e. The van der Waals surface area contributed by atoms with E-state index < -0.39 is 5.54 Å². The Balaban J connectivity index is 1.45. The molecule has 4 heterocycles. The van der Waals surface area contributed by atoms with Crippen LogP contribution in [-0.2, 0) is 10.2 Å². The molecule has 2 aromatic heterocycles. The van der Waals surface area contributed by atoms with Gasteiger partial charge in [-0.1, -0.05) is 20.8 Å². The first-order valence-electron chi connectivity index (χ1n) is 12.7. The Kier molecular flexibility index (Phi) is 6.16. The third-order valence-electron chi connectivity index (χ3n) is 6.97. The largest absolute Gasteiger partial charge is 0.332 e. The molecule has 0 saturated carbocycles. The van der Waals surface area contributed by atoms with Gasteiger partial charge in [0.15, 0.2) is 5.65 Å². The van der Waals surface area contributed by atoms with Crippen molar-refractivity contribution in [1.29, 1.82) is 0 Å². The Morgan fingerprint density at radius 1 is 1.05 bits per heavy atom. The number of halogens is 1. The number of aliphatic imine (C=N–C) groups is 2. The predicted octanol–water partition coefficient (Wildman–Crippen LogP) is 3.77. The van der Waals surface area contributed by atoms with Crippen molar-refractivity contribution in [1.82, 2.24) is 24.4 Å². The summed E-state index contributed by atoms with van der Waals surface area (Å²) in [4.78, 5) is 43.4. The van der Waals surface area contributed by atoms with Gasteiger partial charge in [-0.15, -0.1) is 0 Å². The molecule has 0 spiro atoms. The molecule has 0 N–H and O–H groups in total. The average Bonchev–Trinajstić information content (AvgIpc) is 3.48. The fourth-order valence-electron chi connectivity index (χ4n) is 4.93. The van der Waals surface area contributed by atoms with E-state index in [4.69, 9.17) is 10.1 Å². The smallest absolute Gasteiger partial charge is 0.291 e. The lowest BCUT2D eigenvalue weighted by Crippen LogP contribution is -2.62. The number of piperazine rings is 1. The van der Waals surface area contributed by atoms with Gasteiger partial charge in [0.05, 0.1) is 24.0 Å². The summed E-state index contributed by atoms with van der Waals surface area (Å²) in [6.07, 6.45) is 1.65. The quantitative estimate of drug-likeness (QED) is 0.529. The number of amidine groups is 1. The second-order valence-corrected chi connectivity index (χ2v) is 11.6. The highest BCUT2D eigenvalue weighted by atomic mass is 19.1. The van der Waals surface area contributed by atoms with Gasteiger partial charge in [0.1, 0.15) is 11.5 Å². The predicted molar refractivity (Wildman–Crippen MR) is 144 cm³/mol. The number of hydrogen-bond acceptors (Lipinski definition) is 6. The maximum absolute atomic E-state index is 13.7. The van der Waals surface area contributed by atoms with Crippen LogP contribution in [-0.4, -0.2) is 79.5 Å². The summed E-state index contributed by atoms with van der Waals surface area (Å²) < 4.78 is 15.1. The highest BCUT2D eigenvalue weighted by Gasteiger charge is 2.40. The number of fused-ring (bicyclic) bond motifs is 1. The van der Waals surface area contributed by atoms with Gasteiger partial charge in [-0.3, -0.25) is 14.6 Å². The molecule has 3 aromatic rings. The molecule has 198 valence electrons. The number of carbonyl (C=O) groups is 2. The van der Waals surface area contributed by atoms with Crippen LogP contribution in [0.4, 0.5) is 4.39 Å². The van der Waals surface area contributed by atoms with Crippen LogP contribution < -0.4 is 0 Å². The molecule has 9 nitrogen and oxygen atoms in total. The van der Waals surface area contributed by atoms with E-state index in [0.717, 1.165) is 16.8 Å². The van der Waals surface area contributed by atoms with E-state index in [1.165, 1.54) is 12.1 Å². The molecule has 1 fully saturated rings. The lowest BCUT2D eigenvalue weighted by molar-refractivity contribution is -0.128. The van der Waals surface area contributed by atoms with Gasteiger partial charge in [0.25, 0.3) is 11.8 Å². The number of benzene rings is 1. The standard InChI is InChI=1S/C28H32FN7O2/c1-17-14-30-23(31-17)26(38)34-11-12-35(28(5,6)16-34)25(37)22-15-36-24(32-22)20(27(2,3)4)13-21(33-36)18-7-9-19(29)10-8-18/h7-10,13,15H,11-12,14,16H2,1-6H3. The summed E-state index contributed by atoms with van der Waals surface area (Å²) in [6.45, 7) is 13.5. The first-order chi connectivity index (χ1) is 17.8. The zero-order valence-electron chi connectivity index (χ0n) is 22.6. The Hall–Kier alpha value is -3.95. The van der Waals surface area contributed by atoms with Gasteiger partial charge in [0.2, 0.25) is 5.84 Å². The molecule has 5 rings (SSSR count). The maximum atomic E-state index is 13.7. The van der Waals surface area contributed by atoms with E-state index in [1.807, 2.05) is 26.8 Å². The molecule has 0 unspecified atom stereocenters. The Morgan fingerprint density at radius 3 is 2.37 bits per heavy atom. The van der Waals surface area contributed by atoms with Crippen LogP contribution in [0.3, 0.4) is 0 Å². The Bertz CT molecular complexity index is 1500. The lowest BCUT2D eigenvalue weighted by atomic mass is 9.87. The molecule has 0 radical (unpaired) electrons. The van der Waals surface area contributed by atoms with Crippen LogP contribution in [0.15, 0.2) is 46.5 Å². The number of carbonyl (C=O) groups excluding carboxylic acids is 2. The van der Waals surface area contributed by atoms with Crippen LogP contribution in [0.25, 0.3) is 16.9 Å². The van der Waals surface area contributed by atoms with Gasteiger partial charge in [-0.05, 0) is 56.5 Å². The molecule has 1 saturated heterocycles. The van der Waals surface area contributed by atoms with Crippen molar-refractivity contribution in [2.45, 2.75) is 52.5 Å². The fourth-order valence-corrected chi connectivity index (χ4v) is 4.93. The highest BCUT2D eigenvalue weighted by molar-refractivity contribution is 6.41. The number of rotatable bonds is 3. The van der Waals surface area contributed by atoms with Gasteiger partial charge < -0.3 is 9.80 Å². The van der Waals surface area contributed by atoms with E-state index in [2.05, 4.69) is 30.8 Å². The minimum Gasteiger partial charge on any atom is -0.332 e. The normalized spacial score (nSPS) is 17.6. The van der Waals surface area contributed by atoms with Crippen molar-refractivity contribution >= 4 is 29.0 Å². The minimum atomic E-state index is -0.627. The summed E-state index contributed by atoms with van der Waals surface area (Å²) >= 11 is 0. The van der Waals surface area contributed by atoms with Crippen LogP contribution in [0.1, 0.15) is 57.6 Å². The van der Waals surface area contributed by atoms with Crippen LogP contribution in [0.5, 0.6) is 0 Å². The second-order valence-electron chi connectivity index (χ2n) is 11.6. The topological polar surface area (TPSA) is 95.5 Å². The summed E-state index contributed by atoms with van der Waals surface area (Å²) in [7, 11) is 0. The van der Waals surface area contributed by atoms with Gasteiger partial charge in [-0.2, -0.15) is 5.10 Å². The number of nitrogens with zero attached hydrogens (tertiary/aromatic N) is 7. The second kappa shape index (κ2) is 9.11. The zero-order valence-corrected chi connectivity index (χ0v) is 22.6. The number of hydrogen-bond donors (Lipinski definition) is 0. The summed E-state index contributed by atoms with van der Waals surface area (Å²) in [6, 6.07) is 8.13.